The molecule has 0 radical (unpaired) electrons. The SMILES string of the molecule is [2H]c1c([2H])c(-c2nc(-c3ccccc3)cc(-c3ccccc3)n2)c([2H])c(N2B(c3ccccc3)c3ccccc3-c3ccccc32)c1[2H]. The molecule has 0 saturated heterocycles. The lowest BCUT2D eigenvalue weighted by atomic mass is 9.46. The first-order valence-electron chi connectivity index (χ1n) is 16.6. The second-order valence-electron chi connectivity index (χ2n) is 10.7. The maximum Gasteiger partial charge on any atom is 0.328 e. The average molecular weight is 566 g/mol. The first-order chi connectivity index (χ1) is 23.5. The van der Waals surface area contributed by atoms with Gasteiger partial charge >= 0.3 is 6.85 Å². The van der Waals surface area contributed by atoms with E-state index in [1.54, 1.807) is 0 Å². The van der Waals surface area contributed by atoms with Crippen molar-refractivity contribution in [1.82, 2.24) is 9.97 Å². The van der Waals surface area contributed by atoms with Gasteiger partial charge in [0.2, 0.25) is 0 Å². The topological polar surface area (TPSA) is 29.0 Å². The monoisotopic (exact) mass is 565 g/mol. The standard InChI is InChI=1S/C40H28BN3/c1-4-15-29(16-5-1)37-28-38(30-17-6-2-7-18-30)43-40(42-37)31-19-14-22-33(27-31)44-39-26-13-11-24-35(39)34-23-10-12-25-36(34)41(44)32-20-8-3-9-21-32/h1-28H/i14D,19D,22D,27D. The fraction of sp³-hybridized carbons (Fsp3) is 0. The maximum atomic E-state index is 9.78. The molecule has 0 saturated carbocycles. The van der Waals surface area contributed by atoms with Gasteiger partial charge < -0.3 is 4.81 Å². The second-order valence-corrected chi connectivity index (χ2v) is 10.7. The van der Waals surface area contributed by atoms with Crippen LogP contribution in [0.25, 0.3) is 45.0 Å². The lowest BCUT2D eigenvalue weighted by molar-refractivity contribution is 1.18. The molecule has 206 valence electrons. The summed E-state index contributed by atoms with van der Waals surface area (Å²) in [5, 5.41) is 0. The molecule has 2 heterocycles. The molecule has 0 fully saturated rings. The predicted molar refractivity (Wildman–Crippen MR) is 184 cm³/mol. The molecule has 7 aromatic rings. The van der Waals surface area contributed by atoms with E-state index >= 15 is 0 Å². The molecule has 0 amide bonds. The molecule has 0 atom stereocenters. The molecule has 0 unspecified atom stereocenters. The number of hydrogen-bond acceptors (Lipinski definition) is 3. The maximum absolute atomic E-state index is 9.78. The van der Waals surface area contributed by atoms with Crippen molar-refractivity contribution in [3.8, 4) is 45.0 Å². The van der Waals surface area contributed by atoms with Crippen LogP contribution in [-0.4, -0.2) is 16.8 Å². The van der Waals surface area contributed by atoms with Gasteiger partial charge in [-0.1, -0.05) is 151 Å². The molecule has 1 aromatic heterocycles. The Bertz CT molecular complexity index is 2240. The van der Waals surface area contributed by atoms with Gasteiger partial charge in [-0.2, -0.15) is 0 Å². The van der Waals surface area contributed by atoms with E-state index in [1.165, 1.54) is 0 Å². The molecule has 44 heavy (non-hydrogen) atoms. The van der Waals surface area contributed by atoms with Crippen molar-refractivity contribution in [2.24, 2.45) is 0 Å². The Morgan fingerprint density at radius 2 is 1.11 bits per heavy atom. The van der Waals surface area contributed by atoms with E-state index in [9.17, 15) is 2.74 Å². The largest absolute Gasteiger partial charge is 0.376 e. The third-order valence-corrected chi connectivity index (χ3v) is 8.02. The van der Waals surface area contributed by atoms with Crippen LogP contribution in [0.3, 0.4) is 0 Å². The number of benzene rings is 6. The minimum Gasteiger partial charge on any atom is -0.376 e. The molecule has 4 heteroatoms. The molecule has 0 spiro atoms. The molecular weight excluding hydrogens is 533 g/mol. The third kappa shape index (κ3) is 4.67. The van der Waals surface area contributed by atoms with E-state index in [0.717, 1.165) is 38.9 Å². The molecular formula is C40H28BN3. The van der Waals surface area contributed by atoms with Crippen molar-refractivity contribution in [1.29, 1.82) is 0 Å². The van der Waals surface area contributed by atoms with E-state index < -0.39 is 6.85 Å². The average Bonchev–Trinajstić information content (AvgIpc) is 3.15. The summed E-state index contributed by atoms with van der Waals surface area (Å²) >= 11 is 0. The normalized spacial score (nSPS) is 13.3. The van der Waals surface area contributed by atoms with Crippen LogP contribution >= 0.6 is 0 Å². The zero-order valence-electron chi connectivity index (χ0n) is 27.8. The number of anilines is 2. The van der Waals surface area contributed by atoms with Gasteiger partial charge in [-0.05, 0) is 35.2 Å². The van der Waals surface area contributed by atoms with Crippen LogP contribution in [0.4, 0.5) is 11.4 Å². The van der Waals surface area contributed by atoms with Crippen LogP contribution in [0, 0.1) is 0 Å². The van der Waals surface area contributed by atoms with Gasteiger partial charge in [-0.25, -0.2) is 9.97 Å². The van der Waals surface area contributed by atoms with Gasteiger partial charge in [-0.15, -0.1) is 0 Å². The van der Waals surface area contributed by atoms with Crippen molar-refractivity contribution < 1.29 is 5.48 Å². The highest BCUT2D eigenvalue weighted by Gasteiger charge is 2.36. The summed E-state index contributed by atoms with van der Waals surface area (Å²) in [5.41, 5.74) is 8.23. The molecule has 0 aliphatic carbocycles. The zero-order chi connectivity index (χ0) is 32.8. The number of para-hydroxylation sites is 1. The van der Waals surface area contributed by atoms with Gasteiger partial charge in [0.05, 0.1) is 16.9 Å². The van der Waals surface area contributed by atoms with Crippen LogP contribution in [0.5, 0.6) is 0 Å². The van der Waals surface area contributed by atoms with Crippen LogP contribution in [0.15, 0.2) is 170 Å². The Hall–Kier alpha value is -5.74. The number of fused-ring (bicyclic) bond motifs is 3. The highest BCUT2D eigenvalue weighted by Crippen LogP contribution is 2.40. The van der Waals surface area contributed by atoms with Gasteiger partial charge in [-0.3, -0.25) is 0 Å². The fourth-order valence-corrected chi connectivity index (χ4v) is 6.02. The van der Waals surface area contributed by atoms with Crippen molar-refractivity contribution in [3.63, 3.8) is 0 Å². The summed E-state index contributed by atoms with van der Waals surface area (Å²) in [7, 11) is 0. The molecule has 8 rings (SSSR count). The van der Waals surface area contributed by atoms with Crippen LogP contribution in [0.1, 0.15) is 5.48 Å². The Morgan fingerprint density at radius 3 is 1.80 bits per heavy atom. The Labute approximate surface area is 263 Å². The van der Waals surface area contributed by atoms with Crippen LogP contribution in [0.2, 0.25) is 0 Å². The first kappa shape index (κ1) is 21.9. The lowest BCUT2D eigenvalue weighted by Gasteiger charge is -2.39. The van der Waals surface area contributed by atoms with Crippen LogP contribution in [-0.2, 0) is 0 Å². The summed E-state index contributed by atoms with van der Waals surface area (Å²) in [6.07, 6.45) is 0. The van der Waals surface area contributed by atoms with E-state index in [0.29, 0.717) is 11.4 Å². The number of rotatable bonds is 5. The summed E-state index contributed by atoms with van der Waals surface area (Å²) in [4.78, 5) is 11.8. The minimum atomic E-state index is -0.397. The van der Waals surface area contributed by atoms with Gasteiger partial charge in [0, 0.05) is 33.6 Å². The van der Waals surface area contributed by atoms with E-state index in [-0.39, 0.29) is 41.2 Å². The summed E-state index contributed by atoms with van der Waals surface area (Å²) < 4.78 is 37.3. The Balaban J connectivity index is 1.42. The highest BCUT2D eigenvalue weighted by atomic mass is 15.1. The number of nitrogens with zero attached hydrogens (tertiary/aromatic N) is 3. The van der Waals surface area contributed by atoms with Crippen molar-refractivity contribution in [2.75, 3.05) is 4.81 Å². The smallest absolute Gasteiger partial charge is 0.328 e. The fourth-order valence-electron chi connectivity index (χ4n) is 6.02. The first-order valence-corrected chi connectivity index (χ1v) is 14.6. The minimum absolute atomic E-state index is 0.0691. The number of aromatic nitrogens is 2. The molecule has 0 bridgehead atoms. The zero-order valence-corrected chi connectivity index (χ0v) is 23.8. The van der Waals surface area contributed by atoms with E-state index in [2.05, 4.69) is 30.3 Å². The van der Waals surface area contributed by atoms with Gasteiger partial charge in [0.15, 0.2) is 5.82 Å². The van der Waals surface area contributed by atoms with Gasteiger partial charge in [0.1, 0.15) is 0 Å². The quantitative estimate of drug-likeness (QED) is 0.196. The van der Waals surface area contributed by atoms with Crippen LogP contribution < -0.4 is 15.7 Å². The Morgan fingerprint density at radius 1 is 0.545 bits per heavy atom. The highest BCUT2D eigenvalue weighted by molar-refractivity contribution is 6.90. The Kier molecular flexibility index (Phi) is 5.55. The van der Waals surface area contributed by atoms with E-state index in [4.69, 9.17) is 12.7 Å². The van der Waals surface area contributed by atoms with Crippen molar-refractivity contribution in [2.45, 2.75) is 0 Å². The second kappa shape index (κ2) is 11.2. The molecule has 1 aliphatic rings. The van der Waals surface area contributed by atoms with E-state index in [1.807, 2.05) is 120 Å². The van der Waals surface area contributed by atoms with Gasteiger partial charge in [0.25, 0.3) is 0 Å². The summed E-state index contributed by atoms with van der Waals surface area (Å²) in [5.74, 6) is 0.168. The molecule has 6 aromatic carbocycles. The molecule has 1 aliphatic heterocycles. The summed E-state index contributed by atoms with van der Waals surface area (Å²) in [6, 6.07) is 46.9. The lowest BCUT2D eigenvalue weighted by Crippen LogP contribution is -2.57. The molecule has 3 nitrogen and oxygen atoms in total. The predicted octanol–water partition coefficient (Wildman–Crippen LogP) is 8.40. The third-order valence-electron chi connectivity index (χ3n) is 8.02. The molecule has 0 N–H and O–H groups in total. The van der Waals surface area contributed by atoms with Crippen molar-refractivity contribution >= 4 is 29.1 Å². The number of hydrogen-bond donors (Lipinski definition) is 0. The summed E-state index contributed by atoms with van der Waals surface area (Å²) in [6.45, 7) is -0.397. The van der Waals surface area contributed by atoms with Crippen molar-refractivity contribution in [3.05, 3.63) is 170 Å².